The van der Waals surface area contributed by atoms with E-state index in [2.05, 4.69) is 17.1 Å². The normalized spacial score (nSPS) is 26.0. The SMILES string of the molecule is COc1ccc(-c2cnnc(OC[C@H]3CC[C@H](C)CC3)c2)cc1[C@@H]1C[C@@H]1C(=O)O. The summed E-state index contributed by atoms with van der Waals surface area (Å²) >= 11 is 0. The van der Waals surface area contributed by atoms with E-state index < -0.39 is 5.97 Å². The van der Waals surface area contributed by atoms with Crippen molar-refractivity contribution in [2.45, 2.75) is 44.9 Å². The van der Waals surface area contributed by atoms with Crippen molar-refractivity contribution in [3.8, 4) is 22.8 Å². The summed E-state index contributed by atoms with van der Waals surface area (Å²) in [7, 11) is 1.61. The molecule has 0 bridgehead atoms. The molecule has 4 rings (SSSR count). The van der Waals surface area contributed by atoms with Gasteiger partial charge in [-0.3, -0.25) is 4.79 Å². The van der Waals surface area contributed by atoms with Crippen LogP contribution in [-0.2, 0) is 4.79 Å². The lowest BCUT2D eigenvalue weighted by Crippen LogP contribution is -2.19. The second-order valence-electron chi connectivity index (χ2n) is 8.46. The lowest BCUT2D eigenvalue weighted by atomic mass is 9.83. The van der Waals surface area contributed by atoms with Crippen LogP contribution in [0.4, 0.5) is 0 Å². The quantitative estimate of drug-likeness (QED) is 0.740. The van der Waals surface area contributed by atoms with Gasteiger partial charge in [0.2, 0.25) is 5.88 Å². The highest BCUT2D eigenvalue weighted by Crippen LogP contribution is 2.51. The molecule has 2 aliphatic rings. The van der Waals surface area contributed by atoms with Gasteiger partial charge in [-0.05, 0) is 54.4 Å². The van der Waals surface area contributed by atoms with E-state index in [9.17, 15) is 9.90 Å². The first kappa shape index (κ1) is 19.7. The molecule has 0 radical (unpaired) electrons. The molecule has 2 fully saturated rings. The highest BCUT2D eigenvalue weighted by Gasteiger charge is 2.45. The van der Waals surface area contributed by atoms with Crippen LogP contribution in [0.25, 0.3) is 11.1 Å². The van der Waals surface area contributed by atoms with Gasteiger partial charge in [-0.25, -0.2) is 0 Å². The molecule has 0 saturated heterocycles. The number of hydrogen-bond donors (Lipinski definition) is 1. The molecule has 6 nitrogen and oxygen atoms in total. The fourth-order valence-corrected chi connectivity index (χ4v) is 4.29. The third kappa shape index (κ3) is 4.52. The average Bonchev–Trinajstić information content (AvgIpc) is 3.54. The fourth-order valence-electron chi connectivity index (χ4n) is 4.29. The summed E-state index contributed by atoms with van der Waals surface area (Å²) in [4.78, 5) is 11.3. The number of rotatable bonds is 7. The van der Waals surface area contributed by atoms with E-state index in [4.69, 9.17) is 9.47 Å². The molecule has 0 amide bonds. The van der Waals surface area contributed by atoms with Gasteiger partial charge in [0.25, 0.3) is 0 Å². The molecule has 2 aliphatic carbocycles. The Labute approximate surface area is 171 Å². The number of hydrogen-bond acceptors (Lipinski definition) is 5. The predicted molar refractivity (Wildman–Crippen MR) is 109 cm³/mol. The number of aliphatic carboxylic acids is 1. The highest BCUT2D eigenvalue weighted by molar-refractivity contribution is 5.76. The second kappa shape index (κ2) is 8.39. The number of benzene rings is 1. The zero-order chi connectivity index (χ0) is 20.4. The Hall–Kier alpha value is -2.63. The summed E-state index contributed by atoms with van der Waals surface area (Å²) in [5.41, 5.74) is 2.81. The second-order valence-corrected chi connectivity index (χ2v) is 8.46. The van der Waals surface area contributed by atoms with Crippen LogP contribution in [-0.4, -0.2) is 35.0 Å². The van der Waals surface area contributed by atoms with Crippen LogP contribution < -0.4 is 9.47 Å². The average molecular weight is 396 g/mol. The van der Waals surface area contributed by atoms with Crippen molar-refractivity contribution in [3.63, 3.8) is 0 Å². The zero-order valence-corrected chi connectivity index (χ0v) is 17.0. The van der Waals surface area contributed by atoms with Crippen LogP contribution in [0.3, 0.4) is 0 Å². The molecular weight excluding hydrogens is 368 g/mol. The number of carboxylic acids is 1. The largest absolute Gasteiger partial charge is 0.496 e. The number of carboxylic acid groups (broad SMARTS) is 1. The minimum absolute atomic E-state index is 0.00149. The summed E-state index contributed by atoms with van der Waals surface area (Å²) in [6.45, 7) is 3.00. The molecule has 0 unspecified atom stereocenters. The monoisotopic (exact) mass is 396 g/mol. The van der Waals surface area contributed by atoms with E-state index in [1.165, 1.54) is 25.7 Å². The van der Waals surface area contributed by atoms with Gasteiger partial charge in [0.15, 0.2) is 0 Å². The fraction of sp³-hybridized carbons (Fsp3) is 0.522. The molecule has 2 saturated carbocycles. The molecule has 0 spiro atoms. The number of nitrogens with zero attached hydrogens (tertiary/aromatic N) is 2. The van der Waals surface area contributed by atoms with E-state index >= 15 is 0 Å². The van der Waals surface area contributed by atoms with Crippen LogP contribution in [0, 0.1) is 17.8 Å². The van der Waals surface area contributed by atoms with E-state index in [0.29, 0.717) is 24.8 Å². The van der Waals surface area contributed by atoms with E-state index in [0.717, 1.165) is 28.4 Å². The molecule has 1 heterocycles. The van der Waals surface area contributed by atoms with Crippen LogP contribution in [0.5, 0.6) is 11.6 Å². The lowest BCUT2D eigenvalue weighted by Gasteiger charge is -2.25. The van der Waals surface area contributed by atoms with Crippen molar-refractivity contribution >= 4 is 5.97 Å². The number of ether oxygens (including phenoxy) is 2. The van der Waals surface area contributed by atoms with Gasteiger partial charge in [-0.1, -0.05) is 25.8 Å². The van der Waals surface area contributed by atoms with E-state index in [1.807, 2.05) is 24.3 Å². The Kier molecular flexibility index (Phi) is 5.69. The van der Waals surface area contributed by atoms with Crippen molar-refractivity contribution in [1.82, 2.24) is 10.2 Å². The maximum absolute atomic E-state index is 11.3. The van der Waals surface area contributed by atoms with Crippen molar-refractivity contribution in [2.24, 2.45) is 17.8 Å². The predicted octanol–water partition coefficient (Wildman–Crippen LogP) is 4.55. The summed E-state index contributed by atoms with van der Waals surface area (Å²) in [6.07, 6.45) is 7.32. The van der Waals surface area contributed by atoms with Crippen molar-refractivity contribution in [1.29, 1.82) is 0 Å². The molecule has 2 atom stereocenters. The summed E-state index contributed by atoms with van der Waals surface area (Å²) < 4.78 is 11.4. The smallest absolute Gasteiger partial charge is 0.307 e. The first-order valence-corrected chi connectivity index (χ1v) is 10.4. The maximum Gasteiger partial charge on any atom is 0.307 e. The molecule has 1 aromatic heterocycles. The first-order valence-electron chi connectivity index (χ1n) is 10.4. The van der Waals surface area contributed by atoms with Crippen molar-refractivity contribution < 1.29 is 19.4 Å². The minimum Gasteiger partial charge on any atom is -0.496 e. The Morgan fingerprint density at radius 3 is 2.66 bits per heavy atom. The molecule has 1 N–H and O–H groups in total. The Morgan fingerprint density at radius 1 is 1.17 bits per heavy atom. The highest BCUT2D eigenvalue weighted by atomic mass is 16.5. The molecule has 0 aliphatic heterocycles. The molecule has 29 heavy (non-hydrogen) atoms. The van der Waals surface area contributed by atoms with Gasteiger partial charge < -0.3 is 14.6 Å². The van der Waals surface area contributed by atoms with Crippen LogP contribution in [0.2, 0.25) is 0 Å². The molecule has 6 heteroatoms. The summed E-state index contributed by atoms with van der Waals surface area (Å²) in [5, 5.41) is 17.5. The van der Waals surface area contributed by atoms with Crippen molar-refractivity contribution in [2.75, 3.05) is 13.7 Å². The Morgan fingerprint density at radius 2 is 1.97 bits per heavy atom. The third-order valence-electron chi connectivity index (χ3n) is 6.30. The Bertz CT molecular complexity index is 877. The summed E-state index contributed by atoms with van der Waals surface area (Å²) in [5.74, 6) is 1.60. The Balaban J connectivity index is 1.48. The zero-order valence-electron chi connectivity index (χ0n) is 17.0. The van der Waals surface area contributed by atoms with Gasteiger partial charge >= 0.3 is 5.97 Å². The number of carbonyl (C=O) groups is 1. The van der Waals surface area contributed by atoms with Gasteiger partial charge in [0.05, 0.1) is 25.8 Å². The van der Waals surface area contributed by atoms with Crippen LogP contribution >= 0.6 is 0 Å². The maximum atomic E-state index is 11.3. The standard InChI is InChI=1S/C23H28N2O4/c1-14-3-5-15(6-4-14)13-29-22-10-17(12-24-25-22)16-7-8-21(28-2)19(9-16)18-11-20(18)23(26)27/h7-10,12,14-15,18,20H,3-6,11,13H2,1-2H3,(H,26,27)/t14-,15-,18-,20-/m0/s1. The van der Waals surface area contributed by atoms with Crippen LogP contribution in [0.1, 0.15) is 50.5 Å². The molecular formula is C23H28N2O4. The molecule has 1 aromatic carbocycles. The van der Waals surface area contributed by atoms with Gasteiger partial charge in [0.1, 0.15) is 5.75 Å². The van der Waals surface area contributed by atoms with Gasteiger partial charge in [-0.2, -0.15) is 5.10 Å². The van der Waals surface area contributed by atoms with Gasteiger partial charge in [-0.15, -0.1) is 5.10 Å². The molecule has 2 aromatic rings. The van der Waals surface area contributed by atoms with E-state index in [-0.39, 0.29) is 11.8 Å². The third-order valence-corrected chi connectivity index (χ3v) is 6.30. The lowest BCUT2D eigenvalue weighted by molar-refractivity contribution is -0.138. The first-order chi connectivity index (χ1) is 14.0. The number of methoxy groups -OCH3 is 1. The number of aromatic nitrogens is 2. The minimum atomic E-state index is -0.749. The van der Waals surface area contributed by atoms with Crippen molar-refractivity contribution in [3.05, 3.63) is 36.0 Å². The molecule has 154 valence electrons. The topological polar surface area (TPSA) is 81.5 Å². The van der Waals surface area contributed by atoms with E-state index in [1.54, 1.807) is 13.3 Å². The summed E-state index contributed by atoms with van der Waals surface area (Å²) in [6, 6.07) is 7.78. The van der Waals surface area contributed by atoms with Gasteiger partial charge in [0, 0.05) is 17.5 Å². The van der Waals surface area contributed by atoms with Crippen LogP contribution in [0.15, 0.2) is 30.5 Å².